The Kier molecular flexibility index (Phi) is 3.33. The quantitative estimate of drug-likeness (QED) is 0.898. The lowest BCUT2D eigenvalue weighted by molar-refractivity contribution is 0.363. The van der Waals surface area contributed by atoms with Crippen molar-refractivity contribution in [1.29, 1.82) is 0 Å². The highest BCUT2D eigenvalue weighted by Gasteiger charge is 2.16. The Hall–Kier alpha value is -1.35. The van der Waals surface area contributed by atoms with Crippen molar-refractivity contribution >= 4 is 11.0 Å². The average molecular weight is 243 g/mol. The lowest BCUT2D eigenvalue weighted by atomic mass is 10.0. The smallest absolute Gasteiger partial charge is 0.109 e. The highest BCUT2D eigenvalue weighted by Crippen LogP contribution is 2.19. The molecule has 1 aliphatic rings. The van der Waals surface area contributed by atoms with E-state index in [0.717, 1.165) is 18.5 Å². The van der Waals surface area contributed by atoms with Crippen LogP contribution >= 0.6 is 0 Å². The molecular formula is C15H21N3. The second-order valence-corrected chi connectivity index (χ2v) is 5.13. The van der Waals surface area contributed by atoms with Gasteiger partial charge in [-0.3, -0.25) is 0 Å². The fourth-order valence-electron chi connectivity index (χ4n) is 2.90. The van der Waals surface area contributed by atoms with E-state index in [0.29, 0.717) is 6.04 Å². The summed E-state index contributed by atoms with van der Waals surface area (Å²) in [7, 11) is 0. The van der Waals surface area contributed by atoms with Gasteiger partial charge in [-0.15, -0.1) is 0 Å². The van der Waals surface area contributed by atoms with E-state index in [1.54, 1.807) is 0 Å². The number of nitrogens with zero attached hydrogens (tertiary/aromatic N) is 2. The molecule has 3 heteroatoms. The minimum Gasteiger partial charge on any atom is -0.326 e. The summed E-state index contributed by atoms with van der Waals surface area (Å²) in [5.41, 5.74) is 2.41. The summed E-state index contributed by atoms with van der Waals surface area (Å²) < 4.78 is 2.40. The topological polar surface area (TPSA) is 29.9 Å². The molecule has 96 valence electrons. The van der Waals surface area contributed by atoms with Crippen molar-refractivity contribution < 1.29 is 0 Å². The monoisotopic (exact) mass is 243 g/mol. The van der Waals surface area contributed by atoms with Gasteiger partial charge in [0.25, 0.3) is 0 Å². The van der Waals surface area contributed by atoms with Crippen LogP contribution in [0.2, 0.25) is 0 Å². The number of piperidine rings is 1. The van der Waals surface area contributed by atoms with E-state index in [9.17, 15) is 0 Å². The van der Waals surface area contributed by atoms with Crippen molar-refractivity contribution in [2.24, 2.45) is 0 Å². The standard InChI is InChI=1S/C15H21N3/c1-2-15-17-13-8-3-4-9-14(13)18(15)11-12-7-5-6-10-16-12/h3-4,8-9,12,16H,2,5-7,10-11H2,1H3/t12-/m0/s1. The lowest BCUT2D eigenvalue weighted by Gasteiger charge is -2.24. The summed E-state index contributed by atoms with van der Waals surface area (Å²) in [5, 5.41) is 3.62. The van der Waals surface area contributed by atoms with Gasteiger partial charge in [-0.25, -0.2) is 4.98 Å². The molecule has 0 saturated carbocycles. The molecule has 1 aromatic heterocycles. The van der Waals surface area contributed by atoms with Crippen LogP contribution in [0.4, 0.5) is 0 Å². The van der Waals surface area contributed by atoms with Gasteiger partial charge in [-0.05, 0) is 31.5 Å². The Morgan fingerprint density at radius 1 is 1.33 bits per heavy atom. The lowest BCUT2D eigenvalue weighted by Crippen LogP contribution is -2.37. The van der Waals surface area contributed by atoms with Crippen molar-refractivity contribution in [2.75, 3.05) is 6.54 Å². The van der Waals surface area contributed by atoms with E-state index in [1.165, 1.54) is 37.1 Å². The molecule has 0 unspecified atom stereocenters. The fourth-order valence-corrected chi connectivity index (χ4v) is 2.90. The molecule has 1 fully saturated rings. The molecule has 3 nitrogen and oxygen atoms in total. The van der Waals surface area contributed by atoms with E-state index in [1.807, 2.05) is 0 Å². The van der Waals surface area contributed by atoms with Crippen molar-refractivity contribution in [3.8, 4) is 0 Å². The maximum absolute atomic E-state index is 4.73. The molecule has 0 radical (unpaired) electrons. The van der Waals surface area contributed by atoms with Crippen molar-refractivity contribution in [3.05, 3.63) is 30.1 Å². The maximum Gasteiger partial charge on any atom is 0.109 e. The first-order chi connectivity index (χ1) is 8.88. The van der Waals surface area contributed by atoms with Crippen LogP contribution in [0.5, 0.6) is 0 Å². The minimum atomic E-state index is 0.613. The number of hydrogen-bond donors (Lipinski definition) is 1. The van der Waals surface area contributed by atoms with Gasteiger partial charge in [0, 0.05) is 19.0 Å². The largest absolute Gasteiger partial charge is 0.326 e. The van der Waals surface area contributed by atoms with Crippen molar-refractivity contribution in [3.63, 3.8) is 0 Å². The number of imidazole rings is 1. The van der Waals surface area contributed by atoms with Crippen LogP contribution in [0.25, 0.3) is 11.0 Å². The molecule has 1 aromatic carbocycles. The number of para-hydroxylation sites is 2. The number of nitrogens with one attached hydrogen (secondary N) is 1. The second kappa shape index (κ2) is 5.11. The highest BCUT2D eigenvalue weighted by atomic mass is 15.1. The molecular weight excluding hydrogens is 222 g/mol. The van der Waals surface area contributed by atoms with Gasteiger partial charge in [-0.2, -0.15) is 0 Å². The molecule has 18 heavy (non-hydrogen) atoms. The molecule has 2 heterocycles. The molecule has 1 aliphatic heterocycles. The Morgan fingerprint density at radius 2 is 2.22 bits per heavy atom. The van der Waals surface area contributed by atoms with Gasteiger partial charge >= 0.3 is 0 Å². The number of aryl methyl sites for hydroxylation is 1. The number of hydrogen-bond acceptors (Lipinski definition) is 2. The molecule has 3 rings (SSSR count). The third-order valence-corrected chi connectivity index (χ3v) is 3.87. The Balaban J connectivity index is 1.93. The Bertz CT molecular complexity index is 524. The predicted octanol–water partition coefficient (Wildman–Crippen LogP) is 2.74. The third-order valence-electron chi connectivity index (χ3n) is 3.87. The Labute approximate surface area is 108 Å². The fraction of sp³-hybridized carbons (Fsp3) is 0.533. The molecule has 1 saturated heterocycles. The van der Waals surface area contributed by atoms with Crippen LogP contribution in [0.15, 0.2) is 24.3 Å². The zero-order chi connectivity index (χ0) is 12.4. The summed E-state index contributed by atoms with van der Waals surface area (Å²) in [4.78, 5) is 4.73. The van der Waals surface area contributed by atoms with Crippen molar-refractivity contribution in [1.82, 2.24) is 14.9 Å². The van der Waals surface area contributed by atoms with Crippen molar-refractivity contribution in [2.45, 2.75) is 45.2 Å². The first kappa shape index (κ1) is 11.7. The third kappa shape index (κ3) is 2.15. The SMILES string of the molecule is CCc1nc2ccccc2n1C[C@@H]1CCCCN1. The average Bonchev–Trinajstić information content (AvgIpc) is 2.78. The number of benzene rings is 1. The minimum absolute atomic E-state index is 0.613. The first-order valence-corrected chi connectivity index (χ1v) is 7.06. The van der Waals surface area contributed by atoms with Crippen LogP contribution in [-0.2, 0) is 13.0 Å². The zero-order valence-corrected chi connectivity index (χ0v) is 11.0. The summed E-state index contributed by atoms with van der Waals surface area (Å²) in [6.07, 6.45) is 4.96. The molecule has 0 spiro atoms. The van der Waals surface area contributed by atoms with Crippen LogP contribution in [0, 0.1) is 0 Å². The predicted molar refractivity (Wildman–Crippen MR) is 74.8 cm³/mol. The summed E-state index contributed by atoms with van der Waals surface area (Å²) >= 11 is 0. The normalized spacial score (nSPS) is 20.4. The van der Waals surface area contributed by atoms with Crippen LogP contribution in [0.3, 0.4) is 0 Å². The van der Waals surface area contributed by atoms with Gasteiger partial charge in [0.1, 0.15) is 5.82 Å². The van der Waals surface area contributed by atoms with Crippen LogP contribution in [0.1, 0.15) is 32.0 Å². The van der Waals surface area contributed by atoms with Gasteiger partial charge in [0.05, 0.1) is 11.0 Å². The first-order valence-electron chi connectivity index (χ1n) is 7.06. The van der Waals surface area contributed by atoms with E-state index in [2.05, 4.69) is 41.1 Å². The molecule has 0 bridgehead atoms. The van der Waals surface area contributed by atoms with Gasteiger partial charge in [-0.1, -0.05) is 25.5 Å². The van der Waals surface area contributed by atoms with E-state index >= 15 is 0 Å². The summed E-state index contributed by atoms with van der Waals surface area (Å²) in [6, 6.07) is 9.08. The van der Waals surface area contributed by atoms with E-state index < -0.39 is 0 Å². The second-order valence-electron chi connectivity index (χ2n) is 5.13. The molecule has 1 atom stereocenters. The van der Waals surface area contributed by atoms with Crippen LogP contribution in [-0.4, -0.2) is 22.1 Å². The molecule has 0 aliphatic carbocycles. The summed E-state index contributed by atoms with van der Waals surface area (Å²) in [6.45, 7) is 4.41. The van der Waals surface area contributed by atoms with E-state index in [4.69, 9.17) is 4.98 Å². The molecule has 0 amide bonds. The zero-order valence-electron chi connectivity index (χ0n) is 11.0. The Morgan fingerprint density at radius 3 is 3.00 bits per heavy atom. The van der Waals surface area contributed by atoms with Crippen LogP contribution < -0.4 is 5.32 Å². The molecule has 2 aromatic rings. The summed E-state index contributed by atoms with van der Waals surface area (Å²) in [5.74, 6) is 1.21. The van der Waals surface area contributed by atoms with Gasteiger partial charge in [0.2, 0.25) is 0 Å². The number of fused-ring (bicyclic) bond motifs is 1. The van der Waals surface area contributed by atoms with Gasteiger partial charge in [0.15, 0.2) is 0 Å². The highest BCUT2D eigenvalue weighted by molar-refractivity contribution is 5.75. The van der Waals surface area contributed by atoms with Gasteiger partial charge < -0.3 is 9.88 Å². The number of aromatic nitrogens is 2. The van der Waals surface area contributed by atoms with E-state index in [-0.39, 0.29) is 0 Å². The number of rotatable bonds is 3. The maximum atomic E-state index is 4.73. The molecule has 1 N–H and O–H groups in total.